The van der Waals surface area contributed by atoms with E-state index in [-0.39, 0.29) is 0 Å². The minimum Gasteiger partial charge on any atom is -0.459 e. The zero-order valence-electron chi connectivity index (χ0n) is 10.7. The second kappa shape index (κ2) is 5.87. The second-order valence-corrected chi connectivity index (χ2v) is 4.48. The summed E-state index contributed by atoms with van der Waals surface area (Å²) >= 11 is 0. The van der Waals surface area contributed by atoms with E-state index in [4.69, 9.17) is 4.42 Å². The van der Waals surface area contributed by atoms with Crippen LogP contribution in [0.5, 0.6) is 0 Å². The lowest BCUT2D eigenvalue weighted by Gasteiger charge is -2.14. The van der Waals surface area contributed by atoms with Crippen molar-refractivity contribution in [2.75, 3.05) is 6.54 Å². The van der Waals surface area contributed by atoms with Crippen LogP contribution in [0, 0.1) is 0 Å². The first-order valence-electron chi connectivity index (χ1n) is 6.57. The molecule has 1 aromatic carbocycles. The van der Waals surface area contributed by atoms with Gasteiger partial charge < -0.3 is 9.73 Å². The molecular formula is C15H21NO. The summed E-state index contributed by atoms with van der Waals surface area (Å²) in [5.41, 5.74) is 0.988. The maximum Gasteiger partial charge on any atom is 0.134 e. The third-order valence-corrected chi connectivity index (χ3v) is 3.01. The first kappa shape index (κ1) is 12.2. The van der Waals surface area contributed by atoms with Crippen LogP contribution < -0.4 is 5.32 Å². The number of para-hydroxylation sites is 1. The van der Waals surface area contributed by atoms with E-state index in [1.165, 1.54) is 11.8 Å². The standard InChI is InChI=1S/C15H21NO/c1-3-7-13(16-10-4-2)15-11-12-8-5-6-9-14(12)17-15/h5-6,8-9,11,13,16H,3-4,7,10H2,1-2H3. The van der Waals surface area contributed by atoms with Crippen LogP contribution in [0.3, 0.4) is 0 Å². The van der Waals surface area contributed by atoms with E-state index in [0.29, 0.717) is 6.04 Å². The number of nitrogens with one attached hydrogen (secondary N) is 1. The molecule has 92 valence electrons. The summed E-state index contributed by atoms with van der Waals surface area (Å²) in [6, 6.07) is 10.7. The van der Waals surface area contributed by atoms with Crippen molar-refractivity contribution in [3.63, 3.8) is 0 Å². The van der Waals surface area contributed by atoms with Crippen LogP contribution in [0.2, 0.25) is 0 Å². The summed E-state index contributed by atoms with van der Waals surface area (Å²) < 4.78 is 5.92. The van der Waals surface area contributed by atoms with Gasteiger partial charge in [-0.15, -0.1) is 0 Å². The molecule has 2 heteroatoms. The Morgan fingerprint density at radius 2 is 2.00 bits per heavy atom. The average molecular weight is 231 g/mol. The summed E-state index contributed by atoms with van der Waals surface area (Å²) in [6.07, 6.45) is 3.44. The Bertz CT molecular complexity index is 428. The minimum atomic E-state index is 0.354. The van der Waals surface area contributed by atoms with Gasteiger partial charge in [0, 0.05) is 5.39 Å². The lowest BCUT2D eigenvalue weighted by molar-refractivity contribution is 0.408. The van der Waals surface area contributed by atoms with Crippen molar-refractivity contribution >= 4 is 11.0 Å². The first-order valence-corrected chi connectivity index (χ1v) is 6.57. The van der Waals surface area contributed by atoms with Gasteiger partial charge in [0.05, 0.1) is 6.04 Å². The molecule has 0 radical (unpaired) electrons. The molecule has 1 unspecified atom stereocenters. The highest BCUT2D eigenvalue weighted by Gasteiger charge is 2.14. The van der Waals surface area contributed by atoms with Gasteiger partial charge in [-0.05, 0) is 31.5 Å². The quantitative estimate of drug-likeness (QED) is 0.803. The molecule has 2 aromatic rings. The largest absolute Gasteiger partial charge is 0.459 e. The zero-order chi connectivity index (χ0) is 12.1. The molecule has 0 bridgehead atoms. The normalized spacial score (nSPS) is 13.1. The van der Waals surface area contributed by atoms with Crippen LogP contribution in [0.4, 0.5) is 0 Å². The highest BCUT2D eigenvalue weighted by Crippen LogP contribution is 2.26. The molecule has 2 rings (SSSR count). The lowest BCUT2D eigenvalue weighted by Crippen LogP contribution is -2.21. The fraction of sp³-hybridized carbons (Fsp3) is 0.467. The number of fused-ring (bicyclic) bond motifs is 1. The molecular weight excluding hydrogens is 210 g/mol. The van der Waals surface area contributed by atoms with Crippen molar-refractivity contribution in [2.24, 2.45) is 0 Å². The monoisotopic (exact) mass is 231 g/mol. The van der Waals surface area contributed by atoms with E-state index in [1.54, 1.807) is 0 Å². The number of hydrogen-bond donors (Lipinski definition) is 1. The smallest absolute Gasteiger partial charge is 0.134 e. The third-order valence-electron chi connectivity index (χ3n) is 3.01. The van der Waals surface area contributed by atoms with Crippen molar-refractivity contribution in [3.05, 3.63) is 36.1 Å². The molecule has 0 spiro atoms. The van der Waals surface area contributed by atoms with E-state index in [2.05, 4.69) is 37.4 Å². The Balaban J connectivity index is 2.21. The second-order valence-electron chi connectivity index (χ2n) is 4.48. The Hall–Kier alpha value is -1.28. The fourth-order valence-corrected chi connectivity index (χ4v) is 2.13. The van der Waals surface area contributed by atoms with Gasteiger partial charge in [0.15, 0.2) is 0 Å². The van der Waals surface area contributed by atoms with E-state index >= 15 is 0 Å². The molecule has 0 amide bonds. The predicted octanol–water partition coefficient (Wildman–Crippen LogP) is 4.27. The minimum absolute atomic E-state index is 0.354. The van der Waals surface area contributed by atoms with Gasteiger partial charge in [0.25, 0.3) is 0 Å². The Labute approximate surface area is 103 Å². The molecule has 0 aliphatic rings. The van der Waals surface area contributed by atoms with Gasteiger partial charge in [-0.3, -0.25) is 0 Å². The van der Waals surface area contributed by atoms with Crippen LogP contribution in [-0.4, -0.2) is 6.54 Å². The van der Waals surface area contributed by atoms with Crippen molar-refractivity contribution in [3.8, 4) is 0 Å². The van der Waals surface area contributed by atoms with Gasteiger partial charge in [-0.1, -0.05) is 38.5 Å². The summed E-state index contributed by atoms with van der Waals surface area (Å²) in [7, 11) is 0. The van der Waals surface area contributed by atoms with E-state index < -0.39 is 0 Å². The molecule has 0 fully saturated rings. The average Bonchev–Trinajstić information content (AvgIpc) is 2.78. The molecule has 1 atom stereocenters. The third kappa shape index (κ3) is 2.89. The first-order chi connectivity index (χ1) is 8.35. The summed E-state index contributed by atoms with van der Waals surface area (Å²) in [4.78, 5) is 0. The Morgan fingerprint density at radius 1 is 1.18 bits per heavy atom. The molecule has 0 aliphatic carbocycles. The van der Waals surface area contributed by atoms with Gasteiger partial charge in [0.1, 0.15) is 11.3 Å². The SMILES string of the molecule is CCCNC(CCC)c1cc2ccccc2o1. The molecule has 1 aromatic heterocycles. The van der Waals surface area contributed by atoms with Crippen LogP contribution >= 0.6 is 0 Å². The summed E-state index contributed by atoms with van der Waals surface area (Å²) in [5, 5.41) is 4.75. The van der Waals surface area contributed by atoms with Crippen molar-refractivity contribution < 1.29 is 4.42 Å². The van der Waals surface area contributed by atoms with Crippen molar-refractivity contribution in [2.45, 2.75) is 39.2 Å². The fourth-order valence-electron chi connectivity index (χ4n) is 2.13. The summed E-state index contributed by atoms with van der Waals surface area (Å²) in [6.45, 7) is 5.44. The maximum atomic E-state index is 5.92. The highest BCUT2D eigenvalue weighted by molar-refractivity contribution is 5.77. The topological polar surface area (TPSA) is 25.2 Å². The molecule has 2 nitrogen and oxygen atoms in total. The van der Waals surface area contributed by atoms with Gasteiger partial charge in [0.2, 0.25) is 0 Å². The van der Waals surface area contributed by atoms with E-state index in [1.807, 2.05) is 12.1 Å². The van der Waals surface area contributed by atoms with Gasteiger partial charge in [-0.2, -0.15) is 0 Å². The molecule has 1 N–H and O–H groups in total. The van der Waals surface area contributed by atoms with Crippen LogP contribution in [0.1, 0.15) is 44.9 Å². The predicted molar refractivity (Wildman–Crippen MR) is 72.2 cm³/mol. The molecule has 0 saturated heterocycles. The summed E-state index contributed by atoms with van der Waals surface area (Å²) in [5.74, 6) is 1.07. The van der Waals surface area contributed by atoms with Crippen LogP contribution in [0.25, 0.3) is 11.0 Å². The van der Waals surface area contributed by atoms with E-state index in [0.717, 1.165) is 30.7 Å². The van der Waals surface area contributed by atoms with Crippen LogP contribution in [-0.2, 0) is 0 Å². The number of hydrogen-bond acceptors (Lipinski definition) is 2. The Kier molecular flexibility index (Phi) is 4.21. The lowest BCUT2D eigenvalue weighted by atomic mass is 10.1. The molecule has 0 saturated carbocycles. The maximum absolute atomic E-state index is 5.92. The van der Waals surface area contributed by atoms with Crippen LogP contribution in [0.15, 0.2) is 34.7 Å². The molecule has 0 aliphatic heterocycles. The number of benzene rings is 1. The van der Waals surface area contributed by atoms with Crippen molar-refractivity contribution in [1.29, 1.82) is 0 Å². The molecule has 1 heterocycles. The molecule has 17 heavy (non-hydrogen) atoms. The van der Waals surface area contributed by atoms with Gasteiger partial charge in [-0.25, -0.2) is 0 Å². The highest BCUT2D eigenvalue weighted by atomic mass is 16.3. The zero-order valence-corrected chi connectivity index (χ0v) is 10.7. The number of rotatable bonds is 6. The Morgan fingerprint density at radius 3 is 2.71 bits per heavy atom. The van der Waals surface area contributed by atoms with E-state index in [9.17, 15) is 0 Å². The van der Waals surface area contributed by atoms with Gasteiger partial charge >= 0.3 is 0 Å². The van der Waals surface area contributed by atoms with Crippen molar-refractivity contribution in [1.82, 2.24) is 5.32 Å². The number of furan rings is 1.